The molecule has 5 heteroatoms. The van der Waals surface area contributed by atoms with Gasteiger partial charge in [0.15, 0.2) is 5.82 Å². The van der Waals surface area contributed by atoms with E-state index in [4.69, 9.17) is 0 Å². The van der Waals surface area contributed by atoms with Crippen molar-refractivity contribution in [1.29, 1.82) is 0 Å². The topological polar surface area (TPSA) is 46.0 Å². The van der Waals surface area contributed by atoms with Gasteiger partial charge in [0.05, 0.1) is 6.54 Å². The molecular formula is C15H21N5. The van der Waals surface area contributed by atoms with Gasteiger partial charge in [0.25, 0.3) is 0 Å². The zero-order valence-corrected chi connectivity index (χ0v) is 12.1. The summed E-state index contributed by atoms with van der Waals surface area (Å²) in [6.07, 6.45) is 1.82. The van der Waals surface area contributed by atoms with Crippen LogP contribution in [0.4, 0.5) is 5.69 Å². The number of benzene rings is 1. The number of hydrogen-bond acceptors (Lipinski definition) is 4. The summed E-state index contributed by atoms with van der Waals surface area (Å²) in [6.45, 7) is 8.98. The van der Waals surface area contributed by atoms with Crippen molar-refractivity contribution in [3.8, 4) is 0 Å². The van der Waals surface area contributed by atoms with E-state index in [9.17, 15) is 0 Å². The summed E-state index contributed by atoms with van der Waals surface area (Å²) < 4.78 is 2.13. The summed E-state index contributed by atoms with van der Waals surface area (Å²) in [5, 5.41) is 11.6. The van der Waals surface area contributed by atoms with Gasteiger partial charge in [-0.3, -0.25) is 0 Å². The molecular weight excluding hydrogens is 250 g/mol. The fourth-order valence-electron chi connectivity index (χ4n) is 2.70. The third-order valence-electron chi connectivity index (χ3n) is 3.78. The van der Waals surface area contributed by atoms with Crippen LogP contribution in [0.3, 0.4) is 0 Å². The number of rotatable bonds is 4. The average Bonchev–Trinajstić information content (AvgIpc) is 2.92. The maximum atomic E-state index is 4.20. The molecule has 0 amide bonds. The number of nitrogens with one attached hydrogen (secondary N) is 1. The molecule has 0 spiro atoms. The smallest absolute Gasteiger partial charge is 0.152 e. The predicted octanol–water partition coefficient (Wildman–Crippen LogP) is 1.72. The molecule has 0 atom stereocenters. The summed E-state index contributed by atoms with van der Waals surface area (Å²) >= 11 is 0. The standard InChI is InChI=1S/C15H21N5/c1-3-16-9-13-8-12(2)4-5-14(13)19-6-7-20-11-17-18-15(20)10-19/h4-5,8,11,16H,3,6-7,9-10H2,1-2H3. The van der Waals surface area contributed by atoms with E-state index in [0.29, 0.717) is 0 Å². The molecule has 2 heterocycles. The first-order chi connectivity index (χ1) is 9.78. The maximum absolute atomic E-state index is 4.20. The van der Waals surface area contributed by atoms with E-state index in [1.54, 1.807) is 0 Å². The monoisotopic (exact) mass is 271 g/mol. The van der Waals surface area contributed by atoms with Crippen molar-refractivity contribution < 1.29 is 0 Å². The lowest BCUT2D eigenvalue weighted by atomic mass is 10.1. The van der Waals surface area contributed by atoms with Crippen LogP contribution in [0.2, 0.25) is 0 Å². The first-order valence-electron chi connectivity index (χ1n) is 7.20. The van der Waals surface area contributed by atoms with Crippen LogP contribution in [0.5, 0.6) is 0 Å². The van der Waals surface area contributed by atoms with E-state index in [2.05, 4.69) is 57.0 Å². The minimum Gasteiger partial charge on any atom is -0.362 e. The lowest BCUT2D eigenvalue weighted by Gasteiger charge is -2.31. The molecule has 0 aliphatic carbocycles. The molecule has 5 nitrogen and oxygen atoms in total. The summed E-state index contributed by atoms with van der Waals surface area (Å²) in [5.41, 5.74) is 3.98. The van der Waals surface area contributed by atoms with Crippen molar-refractivity contribution in [3.63, 3.8) is 0 Å². The summed E-state index contributed by atoms with van der Waals surface area (Å²) in [4.78, 5) is 2.40. The summed E-state index contributed by atoms with van der Waals surface area (Å²) in [7, 11) is 0. The van der Waals surface area contributed by atoms with Crippen molar-refractivity contribution in [1.82, 2.24) is 20.1 Å². The van der Waals surface area contributed by atoms with Gasteiger partial charge in [0.1, 0.15) is 6.33 Å². The van der Waals surface area contributed by atoms with Gasteiger partial charge >= 0.3 is 0 Å². The molecule has 1 aromatic carbocycles. The molecule has 20 heavy (non-hydrogen) atoms. The molecule has 1 N–H and O–H groups in total. The number of fused-ring (bicyclic) bond motifs is 1. The molecule has 0 saturated carbocycles. The zero-order valence-electron chi connectivity index (χ0n) is 12.1. The maximum Gasteiger partial charge on any atom is 0.152 e. The highest BCUT2D eigenvalue weighted by Gasteiger charge is 2.19. The van der Waals surface area contributed by atoms with Crippen LogP contribution in [0.25, 0.3) is 0 Å². The van der Waals surface area contributed by atoms with Crippen LogP contribution in [-0.2, 0) is 19.6 Å². The van der Waals surface area contributed by atoms with Gasteiger partial charge in [-0.1, -0.05) is 24.6 Å². The van der Waals surface area contributed by atoms with Gasteiger partial charge in [-0.2, -0.15) is 0 Å². The van der Waals surface area contributed by atoms with Crippen molar-refractivity contribution in [2.24, 2.45) is 0 Å². The number of anilines is 1. The van der Waals surface area contributed by atoms with Crippen LogP contribution in [0.1, 0.15) is 23.9 Å². The molecule has 3 rings (SSSR count). The summed E-state index contributed by atoms with van der Waals surface area (Å²) in [5.74, 6) is 1.05. The average molecular weight is 271 g/mol. The van der Waals surface area contributed by atoms with Crippen molar-refractivity contribution in [3.05, 3.63) is 41.5 Å². The molecule has 1 aliphatic rings. The molecule has 1 aromatic heterocycles. The van der Waals surface area contributed by atoms with Crippen molar-refractivity contribution in [2.75, 3.05) is 18.0 Å². The Balaban J connectivity index is 1.86. The SMILES string of the molecule is CCNCc1cc(C)ccc1N1CCn2cnnc2C1. The molecule has 0 bridgehead atoms. The van der Waals surface area contributed by atoms with Gasteiger partial charge in [0.2, 0.25) is 0 Å². The van der Waals surface area contributed by atoms with Crippen molar-refractivity contribution in [2.45, 2.75) is 33.5 Å². The van der Waals surface area contributed by atoms with E-state index in [-0.39, 0.29) is 0 Å². The number of hydrogen-bond donors (Lipinski definition) is 1. The summed E-state index contributed by atoms with van der Waals surface area (Å²) in [6, 6.07) is 6.69. The van der Waals surface area contributed by atoms with Crippen LogP contribution in [0, 0.1) is 6.92 Å². The second kappa shape index (κ2) is 5.63. The molecule has 0 fully saturated rings. The van der Waals surface area contributed by atoms with E-state index in [1.165, 1.54) is 16.8 Å². The van der Waals surface area contributed by atoms with E-state index >= 15 is 0 Å². The Labute approximate surface area is 119 Å². The third kappa shape index (κ3) is 2.54. The quantitative estimate of drug-likeness (QED) is 0.919. The highest BCUT2D eigenvalue weighted by atomic mass is 15.3. The molecule has 2 aromatic rings. The van der Waals surface area contributed by atoms with E-state index in [1.807, 2.05) is 6.33 Å². The largest absolute Gasteiger partial charge is 0.362 e. The second-order valence-corrected chi connectivity index (χ2v) is 5.27. The Morgan fingerprint density at radius 2 is 2.20 bits per heavy atom. The van der Waals surface area contributed by atoms with Crippen LogP contribution in [0.15, 0.2) is 24.5 Å². The Morgan fingerprint density at radius 3 is 3.05 bits per heavy atom. The minimum atomic E-state index is 0.836. The Bertz CT molecular complexity index is 590. The van der Waals surface area contributed by atoms with Gasteiger partial charge in [0, 0.05) is 25.3 Å². The Kier molecular flexibility index (Phi) is 3.69. The number of aryl methyl sites for hydroxylation is 1. The van der Waals surface area contributed by atoms with Gasteiger partial charge in [-0.05, 0) is 25.1 Å². The molecule has 106 valence electrons. The number of nitrogens with zero attached hydrogens (tertiary/aromatic N) is 4. The highest BCUT2D eigenvalue weighted by molar-refractivity contribution is 5.55. The Morgan fingerprint density at radius 1 is 1.30 bits per heavy atom. The highest BCUT2D eigenvalue weighted by Crippen LogP contribution is 2.25. The predicted molar refractivity (Wildman–Crippen MR) is 79.6 cm³/mol. The lowest BCUT2D eigenvalue weighted by Crippen LogP contribution is -2.34. The normalized spacial score (nSPS) is 14.4. The molecule has 0 saturated heterocycles. The van der Waals surface area contributed by atoms with Crippen LogP contribution < -0.4 is 10.2 Å². The second-order valence-electron chi connectivity index (χ2n) is 5.27. The van der Waals surface area contributed by atoms with Gasteiger partial charge in [-0.25, -0.2) is 0 Å². The van der Waals surface area contributed by atoms with Gasteiger partial charge in [-0.15, -0.1) is 10.2 Å². The van der Waals surface area contributed by atoms with E-state index < -0.39 is 0 Å². The first-order valence-corrected chi connectivity index (χ1v) is 7.20. The Hall–Kier alpha value is -1.88. The minimum absolute atomic E-state index is 0.836. The first kappa shape index (κ1) is 13.1. The van der Waals surface area contributed by atoms with Crippen LogP contribution >= 0.6 is 0 Å². The van der Waals surface area contributed by atoms with Gasteiger partial charge < -0.3 is 14.8 Å². The fraction of sp³-hybridized carbons (Fsp3) is 0.467. The lowest BCUT2D eigenvalue weighted by molar-refractivity contribution is 0.557. The molecule has 0 unspecified atom stereocenters. The van der Waals surface area contributed by atoms with E-state index in [0.717, 1.165) is 38.5 Å². The third-order valence-corrected chi connectivity index (χ3v) is 3.78. The van der Waals surface area contributed by atoms with Crippen molar-refractivity contribution >= 4 is 5.69 Å². The zero-order chi connectivity index (χ0) is 13.9. The van der Waals surface area contributed by atoms with Crippen LogP contribution in [-0.4, -0.2) is 27.9 Å². The molecule has 1 aliphatic heterocycles. The fourth-order valence-corrected chi connectivity index (χ4v) is 2.70. The molecule has 0 radical (unpaired) electrons. The number of aromatic nitrogens is 3.